The Bertz CT molecular complexity index is 1150. The first-order valence-electron chi connectivity index (χ1n) is 9.80. The second kappa shape index (κ2) is 10.3. The maximum absolute atomic E-state index is 13.1. The Morgan fingerprint density at radius 1 is 1.16 bits per heavy atom. The average molecular weight is 520 g/mol. The number of hydrogen-bond donors (Lipinski definition) is 2. The zero-order chi connectivity index (χ0) is 23.4. The Kier molecular flexibility index (Phi) is 7.68. The highest BCUT2D eigenvalue weighted by Gasteiger charge is 2.19. The van der Waals surface area contributed by atoms with Crippen LogP contribution in [0.2, 0.25) is 0 Å². The lowest BCUT2D eigenvalue weighted by atomic mass is 10.1. The van der Waals surface area contributed by atoms with E-state index in [2.05, 4.69) is 36.8 Å². The fourth-order valence-electron chi connectivity index (χ4n) is 2.97. The van der Waals surface area contributed by atoms with Crippen molar-refractivity contribution in [1.29, 1.82) is 0 Å². The maximum atomic E-state index is 13.1. The monoisotopic (exact) mass is 519 g/mol. The Morgan fingerprint density at radius 2 is 1.81 bits per heavy atom. The first-order valence-corrected chi connectivity index (χ1v) is 11.6. The molecule has 0 fully saturated rings. The van der Waals surface area contributed by atoms with E-state index in [0.717, 1.165) is 21.3 Å². The third-order valence-electron chi connectivity index (χ3n) is 4.90. The van der Waals surface area contributed by atoms with Gasteiger partial charge in [-0.05, 0) is 84.2 Å². The first kappa shape index (κ1) is 23.9. The highest BCUT2D eigenvalue weighted by Crippen LogP contribution is 2.27. The predicted molar refractivity (Wildman–Crippen MR) is 126 cm³/mol. The van der Waals surface area contributed by atoms with Gasteiger partial charge in [0.1, 0.15) is 5.82 Å². The van der Waals surface area contributed by atoms with Crippen molar-refractivity contribution in [3.8, 4) is 0 Å². The van der Waals surface area contributed by atoms with Crippen molar-refractivity contribution in [3.05, 3.63) is 69.2 Å². The molecule has 10 heteroatoms. The van der Waals surface area contributed by atoms with Gasteiger partial charge in [-0.2, -0.15) is 0 Å². The lowest BCUT2D eigenvalue weighted by Gasteiger charge is -2.14. The third-order valence-corrected chi connectivity index (χ3v) is 6.58. The van der Waals surface area contributed by atoms with Crippen molar-refractivity contribution in [2.24, 2.45) is 7.05 Å². The van der Waals surface area contributed by atoms with Gasteiger partial charge in [-0.15, -0.1) is 10.2 Å². The van der Waals surface area contributed by atoms with E-state index in [1.54, 1.807) is 18.5 Å². The molecule has 1 heterocycles. The maximum Gasteiger partial charge on any atom is 0.251 e. The van der Waals surface area contributed by atoms with Gasteiger partial charge in [0.15, 0.2) is 11.0 Å². The van der Waals surface area contributed by atoms with Crippen LogP contribution >= 0.6 is 27.7 Å². The molecule has 1 atom stereocenters. The summed E-state index contributed by atoms with van der Waals surface area (Å²) in [6.07, 6.45) is 0. The molecular formula is C22H23BrFN5O2S. The normalized spacial score (nSPS) is 11.8. The molecule has 2 N–H and O–H groups in total. The van der Waals surface area contributed by atoms with Gasteiger partial charge >= 0.3 is 0 Å². The average Bonchev–Trinajstić information content (AvgIpc) is 3.11. The third kappa shape index (κ3) is 5.74. The van der Waals surface area contributed by atoms with Gasteiger partial charge < -0.3 is 15.2 Å². The summed E-state index contributed by atoms with van der Waals surface area (Å²) in [7, 11) is 1.77. The highest BCUT2D eigenvalue weighted by molar-refractivity contribution is 9.10. The number of aromatic nitrogens is 3. The van der Waals surface area contributed by atoms with Crippen LogP contribution in [-0.4, -0.2) is 32.3 Å². The minimum atomic E-state index is -0.431. The summed E-state index contributed by atoms with van der Waals surface area (Å²) < 4.78 is 15.6. The van der Waals surface area contributed by atoms with Gasteiger partial charge in [0.25, 0.3) is 5.91 Å². The van der Waals surface area contributed by atoms with Crippen LogP contribution in [0.5, 0.6) is 0 Å². The van der Waals surface area contributed by atoms with Crippen molar-refractivity contribution in [2.75, 3.05) is 11.1 Å². The minimum Gasteiger partial charge on any atom is -0.342 e. The summed E-state index contributed by atoms with van der Waals surface area (Å²) in [5.41, 5.74) is 3.29. The number of aryl methyl sites for hydroxylation is 2. The molecule has 7 nitrogen and oxygen atoms in total. The van der Waals surface area contributed by atoms with E-state index in [1.807, 2.05) is 26.0 Å². The molecule has 32 heavy (non-hydrogen) atoms. The second-order valence-electron chi connectivity index (χ2n) is 7.35. The zero-order valence-electron chi connectivity index (χ0n) is 18.1. The van der Waals surface area contributed by atoms with Crippen LogP contribution in [-0.2, 0) is 11.8 Å². The molecule has 0 spiro atoms. The van der Waals surface area contributed by atoms with Crippen LogP contribution in [0.15, 0.2) is 46.0 Å². The number of thioether (sulfide) groups is 1. The topological polar surface area (TPSA) is 88.9 Å². The first-order chi connectivity index (χ1) is 15.2. The molecule has 3 aromatic rings. The van der Waals surface area contributed by atoms with Gasteiger partial charge in [-0.25, -0.2) is 4.39 Å². The van der Waals surface area contributed by atoms with E-state index >= 15 is 0 Å². The largest absolute Gasteiger partial charge is 0.342 e. The SMILES string of the molecule is Cc1cc(Br)c(NC(=O)CSc2nnc(C(C)NC(=O)c3ccc(F)cc3)n2C)cc1C. The van der Waals surface area contributed by atoms with Crippen LogP contribution in [0.4, 0.5) is 10.1 Å². The van der Waals surface area contributed by atoms with Gasteiger partial charge in [0, 0.05) is 17.1 Å². The fourth-order valence-corrected chi connectivity index (χ4v) is 4.24. The van der Waals surface area contributed by atoms with Crippen molar-refractivity contribution in [3.63, 3.8) is 0 Å². The van der Waals surface area contributed by atoms with Crippen LogP contribution in [0.1, 0.15) is 40.3 Å². The molecule has 0 aliphatic rings. The van der Waals surface area contributed by atoms with Crippen molar-refractivity contribution >= 4 is 45.2 Å². The van der Waals surface area contributed by atoms with Gasteiger partial charge in [-0.3, -0.25) is 9.59 Å². The summed E-state index contributed by atoms with van der Waals surface area (Å²) in [6.45, 7) is 5.78. The molecule has 2 aromatic carbocycles. The van der Waals surface area contributed by atoms with Crippen molar-refractivity contribution < 1.29 is 14.0 Å². The summed E-state index contributed by atoms with van der Waals surface area (Å²) in [5, 5.41) is 14.6. The number of rotatable bonds is 7. The van der Waals surface area contributed by atoms with Crippen molar-refractivity contribution in [2.45, 2.75) is 32.0 Å². The smallest absolute Gasteiger partial charge is 0.251 e. The van der Waals surface area contributed by atoms with Crippen LogP contribution in [0.25, 0.3) is 0 Å². The number of anilines is 1. The number of nitrogens with zero attached hydrogens (tertiary/aromatic N) is 3. The Balaban J connectivity index is 1.59. The number of carbonyl (C=O) groups excluding carboxylic acids is 2. The molecular weight excluding hydrogens is 497 g/mol. The van der Waals surface area contributed by atoms with Crippen LogP contribution < -0.4 is 10.6 Å². The summed E-state index contributed by atoms with van der Waals surface area (Å²) in [4.78, 5) is 24.8. The van der Waals surface area contributed by atoms with E-state index in [4.69, 9.17) is 0 Å². The molecule has 3 rings (SSSR count). The number of amides is 2. The molecule has 0 aliphatic carbocycles. The summed E-state index contributed by atoms with van der Waals surface area (Å²) in [6, 6.07) is 8.77. The Morgan fingerprint density at radius 3 is 2.50 bits per heavy atom. The van der Waals surface area contributed by atoms with E-state index in [0.29, 0.717) is 16.5 Å². The fraction of sp³-hybridized carbons (Fsp3) is 0.273. The van der Waals surface area contributed by atoms with E-state index in [9.17, 15) is 14.0 Å². The molecule has 1 aromatic heterocycles. The Hall–Kier alpha value is -2.72. The molecule has 0 bridgehead atoms. The molecule has 1 unspecified atom stereocenters. The second-order valence-corrected chi connectivity index (χ2v) is 9.15. The lowest BCUT2D eigenvalue weighted by Crippen LogP contribution is -2.28. The summed E-state index contributed by atoms with van der Waals surface area (Å²) >= 11 is 4.73. The molecule has 0 saturated carbocycles. The molecule has 2 amide bonds. The quantitative estimate of drug-likeness (QED) is 0.446. The van der Waals surface area contributed by atoms with Crippen LogP contribution in [0, 0.1) is 19.7 Å². The molecule has 0 saturated heterocycles. The number of benzene rings is 2. The van der Waals surface area contributed by atoms with Crippen LogP contribution in [0.3, 0.4) is 0 Å². The molecule has 0 aliphatic heterocycles. The van der Waals surface area contributed by atoms with E-state index < -0.39 is 11.9 Å². The van der Waals surface area contributed by atoms with E-state index in [1.165, 1.54) is 36.0 Å². The summed E-state index contributed by atoms with van der Waals surface area (Å²) in [5.74, 6) is -0.213. The molecule has 168 valence electrons. The number of hydrogen-bond acceptors (Lipinski definition) is 5. The van der Waals surface area contributed by atoms with Crippen molar-refractivity contribution in [1.82, 2.24) is 20.1 Å². The number of carbonyl (C=O) groups is 2. The van der Waals surface area contributed by atoms with Gasteiger partial charge in [0.05, 0.1) is 17.5 Å². The minimum absolute atomic E-state index is 0.154. The number of halogens is 2. The van der Waals surface area contributed by atoms with Gasteiger partial charge in [0.2, 0.25) is 5.91 Å². The zero-order valence-corrected chi connectivity index (χ0v) is 20.5. The standard InChI is InChI=1S/C22H23BrFN5O2S/c1-12-9-17(23)18(10-13(12)2)26-19(30)11-32-22-28-27-20(29(22)4)14(3)25-21(31)15-5-7-16(24)8-6-15/h5-10,14H,11H2,1-4H3,(H,25,31)(H,26,30). The number of nitrogens with one attached hydrogen (secondary N) is 2. The predicted octanol–water partition coefficient (Wildman–Crippen LogP) is 4.56. The highest BCUT2D eigenvalue weighted by atomic mass is 79.9. The van der Waals surface area contributed by atoms with Gasteiger partial charge in [-0.1, -0.05) is 11.8 Å². The molecule has 0 radical (unpaired) electrons. The Labute approximate surface area is 198 Å². The van der Waals surface area contributed by atoms with E-state index in [-0.39, 0.29) is 17.6 Å². The lowest BCUT2D eigenvalue weighted by molar-refractivity contribution is -0.113.